The zero-order chi connectivity index (χ0) is 15.2. The highest BCUT2D eigenvalue weighted by Gasteiger charge is 2.26. The lowest BCUT2D eigenvalue weighted by molar-refractivity contribution is 0.233. The number of hydrogen-bond donors (Lipinski definition) is 0. The molecule has 0 radical (unpaired) electrons. The highest BCUT2D eigenvalue weighted by Crippen LogP contribution is 2.49. The van der Waals surface area contributed by atoms with E-state index in [1.165, 1.54) is 5.56 Å². The first-order valence-electron chi connectivity index (χ1n) is 7.36. The molecule has 1 unspecified atom stereocenters. The van der Waals surface area contributed by atoms with Crippen molar-refractivity contribution in [3.63, 3.8) is 0 Å². The Bertz CT molecular complexity index is 469. The molecule has 0 saturated heterocycles. The molecule has 0 bridgehead atoms. The number of aryl methyl sites for hydroxylation is 2. The van der Waals surface area contributed by atoms with Gasteiger partial charge in [-0.25, -0.2) is 4.57 Å². The van der Waals surface area contributed by atoms with E-state index < -0.39 is 7.60 Å². The van der Waals surface area contributed by atoms with Crippen LogP contribution in [0.3, 0.4) is 0 Å². The second-order valence-electron chi connectivity index (χ2n) is 5.72. The molecule has 0 N–H and O–H groups in total. The molecule has 0 amide bonds. The zero-order valence-electron chi connectivity index (χ0n) is 13.3. The van der Waals surface area contributed by atoms with Gasteiger partial charge in [-0.3, -0.25) is 4.52 Å². The summed E-state index contributed by atoms with van der Waals surface area (Å²) in [6.45, 7) is 10.7. The van der Waals surface area contributed by atoms with Gasteiger partial charge in [0.05, 0.1) is 12.8 Å². The van der Waals surface area contributed by atoms with E-state index in [4.69, 9.17) is 9.05 Å². The highest BCUT2D eigenvalue weighted by atomic mass is 31.2. The van der Waals surface area contributed by atoms with Crippen LogP contribution < -0.4 is 4.52 Å². The minimum Gasteiger partial charge on any atom is -0.424 e. The second-order valence-corrected chi connectivity index (χ2v) is 7.82. The van der Waals surface area contributed by atoms with Crippen LogP contribution in [0.2, 0.25) is 0 Å². The molecule has 4 heteroatoms. The van der Waals surface area contributed by atoms with Crippen molar-refractivity contribution in [2.45, 2.75) is 47.5 Å². The molecule has 0 spiro atoms. The van der Waals surface area contributed by atoms with Crippen LogP contribution in [-0.2, 0) is 9.09 Å². The standard InChI is InChI=1S/C16H27O3P/c1-6-7-10-20(17,18-12-13(2)3)19-16-9-8-14(4)15(5)11-16/h8-9,11,13H,6-7,10,12H2,1-5H3. The van der Waals surface area contributed by atoms with Crippen molar-refractivity contribution in [1.29, 1.82) is 0 Å². The first-order chi connectivity index (χ1) is 9.36. The second kappa shape index (κ2) is 7.85. The molecule has 0 saturated carbocycles. The van der Waals surface area contributed by atoms with Crippen molar-refractivity contribution in [3.05, 3.63) is 29.3 Å². The summed E-state index contributed by atoms with van der Waals surface area (Å²) in [7, 11) is -3.05. The Morgan fingerprint density at radius 2 is 1.90 bits per heavy atom. The third-order valence-corrected chi connectivity index (χ3v) is 5.01. The van der Waals surface area contributed by atoms with Gasteiger partial charge in [0.25, 0.3) is 0 Å². The Kier molecular flexibility index (Phi) is 6.78. The molecule has 1 rings (SSSR count). The lowest BCUT2D eigenvalue weighted by Crippen LogP contribution is -2.07. The third-order valence-electron chi connectivity index (χ3n) is 3.11. The smallest absolute Gasteiger partial charge is 0.379 e. The first kappa shape index (κ1) is 17.3. The van der Waals surface area contributed by atoms with Crippen LogP contribution >= 0.6 is 7.60 Å². The fourth-order valence-corrected chi connectivity index (χ4v) is 3.62. The van der Waals surface area contributed by atoms with Crippen molar-refractivity contribution in [3.8, 4) is 5.75 Å². The van der Waals surface area contributed by atoms with E-state index in [1.54, 1.807) is 0 Å². The van der Waals surface area contributed by atoms with Crippen LogP contribution in [-0.4, -0.2) is 12.8 Å². The first-order valence-corrected chi connectivity index (χ1v) is 9.09. The molecule has 1 atom stereocenters. The molecule has 0 heterocycles. The largest absolute Gasteiger partial charge is 0.424 e. The summed E-state index contributed by atoms with van der Waals surface area (Å²) in [6.07, 6.45) is 2.30. The van der Waals surface area contributed by atoms with E-state index in [1.807, 2.05) is 45.9 Å². The van der Waals surface area contributed by atoms with Crippen LogP contribution in [0.1, 0.15) is 44.7 Å². The van der Waals surface area contributed by atoms with Crippen LogP contribution in [0.15, 0.2) is 18.2 Å². The lowest BCUT2D eigenvalue weighted by Gasteiger charge is -2.20. The minimum absolute atomic E-state index is 0.341. The number of rotatable bonds is 8. The average Bonchev–Trinajstić information content (AvgIpc) is 2.39. The average molecular weight is 298 g/mol. The minimum atomic E-state index is -3.05. The van der Waals surface area contributed by atoms with Gasteiger partial charge in [-0.2, -0.15) is 0 Å². The van der Waals surface area contributed by atoms with Crippen LogP contribution in [0.5, 0.6) is 5.75 Å². The maximum absolute atomic E-state index is 12.8. The molecule has 0 fully saturated rings. The van der Waals surface area contributed by atoms with Crippen molar-refractivity contribution >= 4 is 7.60 Å². The van der Waals surface area contributed by atoms with Crippen molar-refractivity contribution in [1.82, 2.24) is 0 Å². The van der Waals surface area contributed by atoms with Crippen molar-refractivity contribution in [2.24, 2.45) is 5.92 Å². The maximum atomic E-state index is 12.8. The SMILES string of the molecule is CCCCP(=O)(OCC(C)C)Oc1ccc(C)c(C)c1. The molecule has 114 valence electrons. The zero-order valence-corrected chi connectivity index (χ0v) is 14.2. The maximum Gasteiger partial charge on any atom is 0.379 e. The van der Waals surface area contributed by atoms with Gasteiger partial charge in [-0.1, -0.05) is 33.3 Å². The molecule has 0 aliphatic carbocycles. The molecule has 1 aromatic rings. The summed E-state index contributed by atoms with van der Waals surface area (Å²) in [6, 6.07) is 5.77. The predicted octanol–water partition coefficient (Wildman–Crippen LogP) is 5.35. The fraction of sp³-hybridized carbons (Fsp3) is 0.625. The molecule has 0 aliphatic rings. The fourth-order valence-electron chi connectivity index (χ4n) is 1.68. The van der Waals surface area contributed by atoms with Gasteiger partial charge in [-0.05, 0) is 49.4 Å². The summed E-state index contributed by atoms with van der Waals surface area (Å²) < 4.78 is 24.1. The van der Waals surface area contributed by atoms with Gasteiger partial charge in [0.2, 0.25) is 0 Å². The molecule has 20 heavy (non-hydrogen) atoms. The Hall–Kier alpha value is -0.790. The molecule has 3 nitrogen and oxygen atoms in total. The van der Waals surface area contributed by atoms with Gasteiger partial charge >= 0.3 is 7.60 Å². The van der Waals surface area contributed by atoms with E-state index in [-0.39, 0.29) is 0 Å². The molecule has 1 aromatic carbocycles. The summed E-state index contributed by atoms with van der Waals surface area (Å²) in [5.41, 5.74) is 2.33. The third kappa shape index (κ3) is 5.68. The Morgan fingerprint density at radius 1 is 1.20 bits per heavy atom. The Labute approximate surface area is 123 Å². The van der Waals surface area contributed by atoms with E-state index in [9.17, 15) is 4.57 Å². The topological polar surface area (TPSA) is 35.5 Å². The van der Waals surface area contributed by atoms with Crippen molar-refractivity contribution in [2.75, 3.05) is 12.8 Å². The van der Waals surface area contributed by atoms with E-state index in [0.717, 1.165) is 18.4 Å². The molecule has 0 aromatic heterocycles. The van der Waals surface area contributed by atoms with Gasteiger partial charge in [0.15, 0.2) is 0 Å². The molecular weight excluding hydrogens is 271 g/mol. The highest BCUT2D eigenvalue weighted by molar-refractivity contribution is 7.54. The van der Waals surface area contributed by atoms with Crippen LogP contribution in [0.4, 0.5) is 0 Å². The van der Waals surface area contributed by atoms with E-state index in [2.05, 4.69) is 6.92 Å². The monoisotopic (exact) mass is 298 g/mol. The van der Waals surface area contributed by atoms with Gasteiger partial charge < -0.3 is 4.52 Å². The summed E-state index contributed by atoms with van der Waals surface area (Å²) in [4.78, 5) is 0. The van der Waals surface area contributed by atoms with E-state index in [0.29, 0.717) is 24.4 Å². The van der Waals surface area contributed by atoms with Gasteiger partial charge in [-0.15, -0.1) is 0 Å². The molecule has 0 aliphatic heterocycles. The van der Waals surface area contributed by atoms with Gasteiger partial charge in [0.1, 0.15) is 5.75 Å². The quantitative estimate of drug-likeness (QED) is 0.607. The summed E-state index contributed by atoms with van der Waals surface area (Å²) in [5, 5.41) is 0. The number of hydrogen-bond acceptors (Lipinski definition) is 3. The lowest BCUT2D eigenvalue weighted by atomic mass is 10.1. The summed E-state index contributed by atoms with van der Waals surface area (Å²) >= 11 is 0. The molecular formula is C16H27O3P. The van der Waals surface area contributed by atoms with E-state index >= 15 is 0 Å². The van der Waals surface area contributed by atoms with Crippen LogP contribution in [0.25, 0.3) is 0 Å². The predicted molar refractivity (Wildman–Crippen MR) is 84.7 cm³/mol. The Balaban J connectivity index is 2.81. The normalized spacial score (nSPS) is 14.3. The van der Waals surface area contributed by atoms with Gasteiger partial charge in [0, 0.05) is 0 Å². The number of benzene rings is 1. The Morgan fingerprint density at radius 3 is 2.45 bits per heavy atom. The van der Waals surface area contributed by atoms with Crippen LogP contribution in [0, 0.1) is 19.8 Å². The summed E-state index contributed by atoms with van der Waals surface area (Å²) in [5.74, 6) is 0.976. The number of unbranched alkanes of at least 4 members (excludes halogenated alkanes) is 1. The van der Waals surface area contributed by atoms with Crippen molar-refractivity contribution < 1.29 is 13.6 Å².